The summed E-state index contributed by atoms with van der Waals surface area (Å²) in [5.41, 5.74) is -1.83. The Morgan fingerprint density at radius 2 is 0.543 bits per heavy atom. The van der Waals surface area contributed by atoms with Gasteiger partial charge in [-0.15, -0.1) is 12.2 Å². The molecule has 0 unspecified atom stereocenters. The minimum atomic E-state index is -0.457. The molecule has 0 aliphatic carbocycles. The van der Waals surface area contributed by atoms with Gasteiger partial charge in [0.25, 0.3) is 0 Å². The molecule has 0 saturated heterocycles. The third-order valence-corrected chi connectivity index (χ3v) is 3.48. The molecule has 0 spiro atoms. The first kappa shape index (κ1) is 44.1. The van der Waals surface area contributed by atoms with Gasteiger partial charge in [0.1, 0.15) is 0 Å². The van der Waals surface area contributed by atoms with E-state index in [9.17, 15) is 29.4 Å². The minimum absolute atomic E-state index is 0. The van der Waals surface area contributed by atoms with E-state index in [1.807, 2.05) is 83.1 Å². The molecule has 0 fully saturated rings. The van der Waals surface area contributed by atoms with Crippen molar-refractivity contribution in [3.05, 3.63) is 12.8 Å². The molecule has 6 nitrogen and oxygen atoms in total. The molecule has 0 amide bonds. The summed E-state index contributed by atoms with van der Waals surface area (Å²) in [5.74, 6) is -0.417. The molecule has 35 heavy (non-hydrogen) atoms. The van der Waals surface area contributed by atoms with Gasteiger partial charge in [0.05, 0.1) is 0 Å². The van der Waals surface area contributed by atoms with Crippen molar-refractivity contribution in [3.8, 4) is 0 Å². The van der Waals surface area contributed by atoms with Gasteiger partial charge in [-0.25, -0.2) is 0 Å². The second kappa shape index (κ2) is 18.3. The average molecular weight is 533 g/mol. The SMILES string of the molecule is CC(C)(C)C(=O)[CH-]C(=O)C(C)(C)C.CC(C)(C)C(=O)[CH-]C(=O)C(C)(C)C.CC(C)[O-].CC(C)[O-].[Ti+4]. The van der Waals surface area contributed by atoms with Crippen LogP contribution < -0.4 is 10.2 Å². The monoisotopic (exact) mass is 532 g/mol. The number of Topliss-reactive ketones (excluding diaryl/α,β-unsaturated/α-hetero) is 4. The summed E-state index contributed by atoms with van der Waals surface area (Å²) in [6.45, 7) is 28.1. The third-order valence-electron chi connectivity index (χ3n) is 3.48. The predicted molar refractivity (Wildman–Crippen MR) is 137 cm³/mol. The van der Waals surface area contributed by atoms with Crippen LogP contribution in [0, 0.1) is 34.5 Å². The smallest absolute Gasteiger partial charge is 0.852 e. The van der Waals surface area contributed by atoms with Gasteiger partial charge in [-0.3, -0.25) is 12.8 Å². The van der Waals surface area contributed by atoms with Crippen LogP contribution in [0.5, 0.6) is 0 Å². The molecule has 0 atom stereocenters. The first-order valence-electron chi connectivity index (χ1n) is 11.8. The molecule has 0 aromatic carbocycles. The van der Waals surface area contributed by atoms with Crippen molar-refractivity contribution in [1.82, 2.24) is 0 Å². The van der Waals surface area contributed by atoms with E-state index >= 15 is 0 Å². The minimum Gasteiger partial charge on any atom is -0.852 e. The average Bonchev–Trinajstić information content (AvgIpc) is 2.50. The van der Waals surface area contributed by atoms with Crippen molar-refractivity contribution in [2.45, 2.75) is 123 Å². The molecular formula is C28H52O6Ti. The van der Waals surface area contributed by atoms with Gasteiger partial charge in [-0.05, 0) is 21.7 Å². The molecule has 0 rings (SSSR count). The van der Waals surface area contributed by atoms with Gasteiger partial charge in [0.15, 0.2) is 0 Å². The van der Waals surface area contributed by atoms with Gasteiger partial charge in [0, 0.05) is 23.1 Å². The number of rotatable bonds is 4. The van der Waals surface area contributed by atoms with E-state index in [1.165, 1.54) is 12.8 Å². The zero-order valence-electron chi connectivity index (χ0n) is 25.3. The molecule has 0 bridgehead atoms. The van der Waals surface area contributed by atoms with Gasteiger partial charge < -0.3 is 29.4 Å². The first-order valence-corrected chi connectivity index (χ1v) is 11.8. The summed E-state index contributed by atoms with van der Waals surface area (Å²) in [6.07, 6.45) is 1.61. The molecule has 0 aliphatic rings. The molecule has 0 saturated carbocycles. The summed E-state index contributed by atoms with van der Waals surface area (Å²) < 4.78 is 0. The van der Waals surface area contributed by atoms with E-state index in [-0.39, 0.29) is 44.9 Å². The summed E-state index contributed by atoms with van der Waals surface area (Å²) in [5, 5.41) is 19.1. The van der Waals surface area contributed by atoms with Crippen LogP contribution >= 0.6 is 0 Å². The van der Waals surface area contributed by atoms with Crippen molar-refractivity contribution in [2.24, 2.45) is 21.7 Å². The van der Waals surface area contributed by atoms with Crippen molar-refractivity contribution in [2.75, 3.05) is 0 Å². The third kappa shape index (κ3) is 33.1. The van der Waals surface area contributed by atoms with Crippen molar-refractivity contribution >= 4 is 23.1 Å². The Labute approximate surface area is 231 Å². The second-order valence-electron chi connectivity index (χ2n) is 12.8. The zero-order valence-corrected chi connectivity index (χ0v) is 26.8. The van der Waals surface area contributed by atoms with Gasteiger partial charge in [0.2, 0.25) is 0 Å². The molecule has 7 heteroatoms. The summed E-state index contributed by atoms with van der Waals surface area (Å²) in [6, 6.07) is 0. The summed E-state index contributed by atoms with van der Waals surface area (Å²) in [7, 11) is 0. The van der Waals surface area contributed by atoms with Gasteiger partial charge in [-0.2, -0.15) is 0 Å². The van der Waals surface area contributed by atoms with Gasteiger partial charge in [-0.1, -0.05) is 111 Å². The summed E-state index contributed by atoms with van der Waals surface area (Å²) in [4.78, 5) is 45.8. The molecule has 0 radical (unpaired) electrons. The van der Waals surface area contributed by atoms with Crippen molar-refractivity contribution in [1.29, 1.82) is 0 Å². The van der Waals surface area contributed by atoms with E-state index in [1.54, 1.807) is 27.7 Å². The normalized spacial score (nSPS) is 11.3. The number of hydrogen-bond acceptors (Lipinski definition) is 6. The number of hydrogen-bond donors (Lipinski definition) is 0. The molecular weight excluding hydrogens is 480 g/mol. The van der Waals surface area contributed by atoms with Crippen LogP contribution in [-0.4, -0.2) is 35.3 Å². The molecule has 0 aromatic rings. The topological polar surface area (TPSA) is 114 Å². The van der Waals surface area contributed by atoms with Crippen LogP contribution in [0.25, 0.3) is 0 Å². The van der Waals surface area contributed by atoms with E-state index in [4.69, 9.17) is 0 Å². The van der Waals surface area contributed by atoms with Gasteiger partial charge >= 0.3 is 21.7 Å². The maximum atomic E-state index is 11.4. The van der Waals surface area contributed by atoms with Crippen LogP contribution in [0.3, 0.4) is 0 Å². The Hall–Kier alpha value is -0.946. The number of carbonyl (C=O) groups is 4. The van der Waals surface area contributed by atoms with Crippen molar-refractivity contribution in [3.63, 3.8) is 0 Å². The second-order valence-corrected chi connectivity index (χ2v) is 12.8. The van der Waals surface area contributed by atoms with Crippen molar-refractivity contribution < 1.29 is 51.1 Å². The maximum absolute atomic E-state index is 11.4. The predicted octanol–water partition coefficient (Wildman–Crippen LogP) is 4.35. The summed E-state index contributed by atoms with van der Waals surface area (Å²) >= 11 is 0. The molecule has 0 aliphatic heterocycles. The van der Waals surface area contributed by atoms with E-state index in [2.05, 4.69) is 0 Å². The Morgan fingerprint density at radius 1 is 0.457 bits per heavy atom. The Bertz CT molecular complexity index is 512. The molecule has 0 aromatic heterocycles. The molecule has 0 N–H and O–H groups in total. The zero-order chi connectivity index (χ0) is 28.9. The Morgan fingerprint density at radius 3 is 0.600 bits per heavy atom. The molecule has 204 valence electrons. The molecule has 0 heterocycles. The fourth-order valence-electron chi connectivity index (χ4n) is 1.10. The Balaban J connectivity index is -0.000000128. The van der Waals surface area contributed by atoms with E-state index < -0.39 is 33.9 Å². The number of ketones is 4. The first-order chi connectivity index (χ1) is 14.6. The van der Waals surface area contributed by atoms with E-state index in [0.29, 0.717) is 0 Å². The van der Waals surface area contributed by atoms with E-state index in [0.717, 1.165) is 0 Å². The fraction of sp³-hybridized carbons (Fsp3) is 0.786. The fourth-order valence-corrected chi connectivity index (χ4v) is 1.10. The van der Waals surface area contributed by atoms with Crippen LogP contribution in [0.15, 0.2) is 0 Å². The van der Waals surface area contributed by atoms with Crippen LogP contribution in [0.1, 0.15) is 111 Å². The van der Waals surface area contributed by atoms with Crippen LogP contribution in [-0.2, 0) is 40.9 Å². The maximum Gasteiger partial charge on any atom is 4.00 e. The van der Waals surface area contributed by atoms with Crippen LogP contribution in [0.4, 0.5) is 0 Å². The standard InChI is InChI=1S/2C11H19O2.2C3H7O.Ti/c2*1-10(2,3)8(12)7-9(13)11(4,5)6;2*1-3(2)4;/h2*7H,1-6H3;2*3H,1-2H3;/q4*-1;+4. The number of carbonyl (C=O) groups excluding carboxylic acids is 4. The Kier molecular flexibility index (Phi) is 23.1. The van der Waals surface area contributed by atoms with Crippen LogP contribution in [0.2, 0.25) is 0 Å². The quantitative estimate of drug-likeness (QED) is 0.302. The largest absolute Gasteiger partial charge is 4.00 e.